The fourth-order valence-electron chi connectivity index (χ4n) is 3.52. The minimum absolute atomic E-state index is 0.00349. The molecule has 1 N–H and O–H groups in total. The van der Waals surface area contributed by atoms with Crippen molar-refractivity contribution in [1.29, 1.82) is 5.26 Å². The second-order valence-corrected chi connectivity index (χ2v) is 9.43. The highest BCUT2D eigenvalue weighted by atomic mass is 32.2. The average molecular weight is 530 g/mol. The van der Waals surface area contributed by atoms with E-state index in [4.69, 9.17) is 8.92 Å². The van der Waals surface area contributed by atoms with Crippen LogP contribution in [-0.2, 0) is 14.9 Å². The monoisotopic (exact) mass is 529 g/mol. The highest BCUT2D eigenvalue weighted by Gasteiger charge is 2.20. The van der Waals surface area contributed by atoms with Crippen LogP contribution in [0.1, 0.15) is 5.56 Å². The zero-order valence-corrected chi connectivity index (χ0v) is 20.6. The van der Waals surface area contributed by atoms with Crippen LogP contribution in [0.3, 0.4) is 0 Å². The molecule has 4 rings (SSSR count). The summed E-state index contributed by atoms with van der Waals surface area (Å²) >= 11 is 0. The third kappa shape index (κ3) is 5.77. The maximum absolute atomic E-state index is 12.7. The molecule has 0 fully saturated rings. The Hall–Kier alpha value is -5.21. The number of nitro groups is 1. The van der Waals surface area contributed by atoms with E-state index in [1.165, 1.54) is 61.7 Å². The quantitative estimate of drug-likeness (QED) is 0.109. The topological polar surface area (TPSA) is 149 Å². The smallest absolute Gasteiger partial charge is 0.339 e. The van der Waals surface area contributed by atoms with Crippen LogP contribution < -0.4 is 14.2 Å². The number of benzene rings is 4. The molecule has 1 amide bonds. The number of rotatable bonds is 8. The molecule has 0 saturated heterocycles. The Morgan fingerprint density at radius 3 is 2.32 bits per heavy atom. The molecule has 0 aliphatic carbocycles. The van der Waals surface area contributed by atoms with Gasteiger partial charge >= 0.3 is 10.1 Å². The van der Waals surface area contributed by atoms with E-state index in [1.807, 2.05) is 12.1 Å². The Morgan fingerprint density at radius 1 is 0.974 bits per heavy atom. The van der Waals surface area contributed by atoms with Crippen molar-refractivity contribution in [3.05, 3.63) is 106 Å². The summed E-state index contributed by atoms with van der Waals surface area (Å²) in [4.78, 5) is 23.3. The first-order valence-corrected chi connectivity index (χ1v) is 12.4. The van der Waals surface area contributed by atoms with Crippen molar-refractivity contribution in [1.82, 2.24) is 0 Å². The Bertz CT molecular complexity index is 1720. The molecule has 0 spiro atoms. The average Bonchev–Trinajstić information content (AvgIpc) is 2.92. The van der Waals surface area contributed by atoms with Gasteiger partial charge < -0.3 is 14.2 Å². The van der Waals surface area contributed by atoms with Gasteiger partial charge in [-0.2, -0.15) is 13.7 Å². The zero-order valence-electron chi connectivity index (χ0n) is 19.8. The number of methoxy groups -OCH3 is 1. The number of amides is 1. The second kappa shape index (κ2) is 10.8. The van der Waals surface area contributed by atoms with Gasteiger partial charge in [0.05, 0.1) is 18.1 Å². The van der Waals surface area contributed by atoms with Crippen molar-refractivity contribution >= 4 is 44.2 Å². The lowest BCUT2D eigenvalue weighted by molar-refractivity contribution is -0.384. The van der Waals surface area contributed by atoms with Gasteiger partial charge in [-0.1, -0.05) is 42.5 Å². The summed E-state index contributed by atoms with van der Waals surface area (Å²) in [5.74, 6) is -0.595. The largest absolute Gasteiger partial charge is 0.496 e. The number of carbonyl (C=O) groups is 1. The van der Waals surface area contributed by atoms with Crippen molar-refractivity contribution in [2.45, 2.75) is 4.90 Å². The molecule has 4 aromatic carbocycles. The number of nitrogens with zero attached hydrogens (tertiary/aromatic N) is 2. The lowest BCUT2D eigenvalue weighted by Crippen LogP contribution is -2.14. The molecule has 190 valence electrons. The molecule has 0 aliphatic rings. The molecule has 11 heteroatoms. The van der Waals surface area contributed by atoms with Crippen LogP contribution in [0.25, 0.3) is 16.8 Å². The van der Waals surface area contributed by atoms with E-state index in [-0.39, 0.29) is 27.7 Å². The number of anilines is 1. The predicted molar refractivity (Wildman–Crippen MR) is 140 cm³/mol. The van der Waals surface area contributed by atoms with Crippen molar-refractivity contribution < 1.29 is 27.1 Å². The Kier molecular flexibility index (Phi) is 7.36. The molecule has 0 heterocycles. The van der Waals surface area contributed by atoms with E-state index < -0.39 is 26.6 Å². The third-order valence-corrected chi connectivity index (χ3v) is 6.66. The van der Waals surface area contributed by atoms with Crippen molar-refractivity contribution in [2.24, 2.45) is 0 Å². The summed E-state index contributed by atoms with van der Waals surface area (Å²) in [6, 6.07) is 23.3. The Balaban J connectivity index is 1.51. The minimum Gasteiger partial charge on any atom is -0.496 e. The predicted octanol–water partition coefficient (Wildman–Crippen LogP) is 5.07. The number of hydrogen-bond acceptors (Lipinski definition) is 8. The van der Waals surface area contributed by atoms with Crippen molar-refractivity contribution in [3.63, 3.8) is 0 Å². The summed E-state index contributed by atoms with van der Waals surface area (Å²) in [6.07, 6.45) is 1.26. The number of nitrogens with one attached hydrogen (secondary N) is 1. The third-order valence-electron chi connectivity index (χ3n) is 5.42. The van der Waals surface area contributed by atoms with E-state index in [9.17, 15) is 28.6 Å². The minimum atomic E-state index is -4.11. The number of nitro benzene ring substituents is 1. The lowest BCUT2D eigenvalue weighted by atomic mass is 10.1. The van der Waals surface area contributed by atoms with Crippen LogP contribution in [0.2, 0.25) is 0 Å². The maximum Gasteiger partial charge on any atom is 0.339 e. The van der Waals surface area contributed by atoms with Gasteiger partial charge in [0.15, 0.2) is 0 Å². The molecule has 0 aromatic heterocycles. The van der Waals surface area contributed by atoms with E-state index in [0.717, 1.165) is 16.8 Å². The standard InChI is InChI=1S/C27H19N3O7S/c1-36-23-11-13-25(26(16-23)30(32)33)29-27(31)21(17-28)14-18-6-9-22(10-7-18)37-38(34,35)24-12-8-19-4-2-3-5-20(19)15-24/h2-16H,1H3,(H,29,31). The van der Waals surface area contributed by atoms with E-state index >= 15 is 0 Å². The number of ether oxygens (including phenoxy) is 1. The fraction of sp³-hybridized carbons (Fsp3) is 0.0370. The summed E-state index contributed by atoms with van der Waals surface area (Å²) in [7, 11) is -2.76. The fourth-order valence-corrected chi connectivity index (χ4v) is 4.48. The van der Waals surface area contributed by atoms with Gasteiger partial charge in [-0.15, -0.1) is 0 Å². The molecular weight excluding hydrogens is 510 g/mol. The highest BCUT2D eigenvalue weighted by molar-refractivity contribution is 7.87. The van der Waals surface area contributed by atoms with Gasteiger partial charge in [0.2, 0.25) is 0 Å². The van der Waals surface area contributed by atoms with Crippen LogP contribution in [-0.4, -0.2) is 26.4 Å². The molecule has 0 saturated carbocycles. The maximum atomic E-state index is 12.7. The van der Waals surface area contributed by atoms with Crippen LogP contribution >= 0.6 is 0 Å². The number of hydrogen-bond donors (Lipinski definition) is 1. The summed E-state index contributed by atoms with van der Waals surface area (Å²) in [5, 5.41) is 24.8. The SMILES string of the molecule is COc1ccc(NC(=O)C(C#N)=Cc2ccc(OS(=O)(=O)c3ccc4ccccc4c3)cc2)c([N+](=O)[O-])c1. The number of nitriles is 1. The first kappa shape index (κ1) is 25.9. The Morgan fingerprint density at radius 2 is 1.66 bits per heavy atom. The molecule has 38 heavy (non-hydrogen) atoms. The van der Waals surface area contributed by atoms with Gasteiger partial charge in [0.1, 0.15) is 33.7 Å². The van der Waals surface area contributed by atoms with E-state index in [0.29, 0.717) is 5.56 Å². The Labute approximate surface area is 217 Å². The van der Waals surface area contributed by atoms with Crippen LogP contribution in [0.5, 0.6) is 11.5 Å². The van der Waals surface area contributed by atoms with Gasteiger partial charge in [-0.3, -0.25) is 14.9 Å². The normalized spacial score (nSPS) is 11.4. The second-order valence-electron chi connectivity index (χ2n) is 7.88. The summed E-state index contributed by atoms with van der Waals surface area (Å²) in [6.45, 7) is 0. The molecule has 4 aromatic rings. The van der Waals surface area contributed by atoms with Gasteiger partial charge in [0.25, 0.3) is 11.6 Å². The highest BCUT2D eigenvalue weighted by Crippen LogP contribution is 2.29. The van der Waals surface area contributed by atoms with Crippen molar-refractivity contribution in [3.8, 4) is 17.6 Å². The summed E-state index contributed by atoms with van der Waals surface area (Å²) in [5.41, 5.74) is -0.433. The molecule has 0 aliphatic heterocycles. The first-order valence-electron chi connectivity index (χ1n) is 11.0. The van der Waals surface area contributed by atoms with Crippen molar-refractivity contribution in [2.75, 3.05) is 12.4 Å². The zero-order chi connectivity index (χ0) is 27.3. The van der Waals surface area contributed by atoms with Gasteiger partial charge in [-0.25, -0.2) is 0 Å². The number of fused-ring (bicyclic) bond motifs is 1. The van der Waals surface area contributed by atoms with Gasteiger partial charge in [0, 0.05) is 0 Å². The molecule has 0 atom stereocenters. The van der Waals surface area contributed by atoms with E-state index in [2.05, 4.69) is 5.32 Å². The first-order chi connectivity index (χ1) is 18.2. The van der Waals surface area contributed by atoms with E-state index in [1.54, 1.807) is 24.3 Å². The molecule has 0 unspecified atom stereocenters. The molecule has 10 nitrogen and oxygen atoms in total. The van der Waals surface area contributed by atoms with Crippen LogP contribution in [0, 0.1) is 21.4 Å². The molecular formula is C27H19N3O7S. The van der Waals surface area contributed by atoms with Crippen LogP contribution in [0.15, 0.2) is 95.4 Å². The molecule has 0 bridgehead atoms. The van der Waals surface area contributed by atoms with Gasteiger partial charge in [-0.05, 0) is 58.8 Å². The number of carbonyl (C=O) groups excluding carboxylic acids is 1. The molecule has 0 radical (unpaired) electrons. The van der Waals surface area contributed by atoms with Crippen LogP contribution in [0.4, 0.5) is 11.4 Å². The summed E-state index contributed by atoms with van der Waals surface area (Å²) < 4.78 is 35.7. The lowest BCUT2D eigenvalue weighted by Gasteiger charge is -2.09.